The van der Waals surface area contributed by atoms with Gasteiger partial charge in [-0.3, -0.25) is 9.69 Å². The first kappa shape index (κ1) is 29.1. The van der Waals surface area contributed by atoms with Gasteiger partial charge in [-0.25, -0.2) is 9.97 Å². The zero-order valence-corrected chi connectivity index (χ0v) is 23.2. The minimum atomic E-state index is -0.567. The number of hydrogen-bond acceptors (Lipinski definition) is 9. The van der Waals surface area contributed by atoms with Crippen LogP contribution in [0.3, 0.4) is 0 Å². The maximum atomic E-state index is 12.3. The van der Waals surface area contributed by atoms with Gasteiger partial charge in [0.25, 0.3) is 0 Å². The number of carbonyl (C=O) groups excluding carboxylic acids is 1. The highest BCUT2D eigenvalue weighted by Crippen LogP contribution is 2.35. The highest BCUT2D eigenvalue weighted by molar-refractivity contribution is 5.91. The second kappa shape index (κ2) is 13.4. The number of methoxy groups -OCH3 is 1. The smallest absolute Gasteiger partial charge is 0.320 e. The molecule has 0 fully saturated rings. The Labute approximate surface area is 225 Å². The van der Waals surface area contributed by atoms with Crippen LogP contribution in [-0.4, -0.2) is 71.0 Å². The van der Waals surface area contributed by atoms with E-state index in [0.29, 0.717) is 43.4 Å². The van der Waals surface area contributed by atoms with Crippen LogP contribution in [0.15, 0.2) is 48.8 Å². The molecule has 0 amide bonds. The van der Waals surface area contributed by atoms with E-state index in [1.807, 2.05) is 56.0 Å². The molecule has 2 atom stereocenters. The third-order valence-corrected chi connectivity index (χ3v) is 5.74. The number of anilines is 1. The Morgan fingerprint density at radius 2 is 1.84 bits per heavy atom. The molecule has 3 rings (SSSR count). The fraction of sp³-hybridized carbons (Fsp3) is 0.483. The molecule has 3 aromatic rings. The molecule has 9 heteroatoms. The molecule has 0 unspecified atom stereocenters. The van der Waals surface area contributed by atoms with Crippen molar-refractivity contribution in [3.8, 4) is 11.5 Å². The van der Waals surface area contributed by atoms with Crippen LogP contribution in [0.4, 0.5) is 5.82 Å². The van der Waals surface area contributed by atoms with Gasteiger partial charge in [0, 0.05) is 30.6 Å². The van der Waals surface area contributed by atoms with Crippen molar-refractivity contribution >= 4 is 22.7 Å². The number of aliphatic hydroxyl groups is 1. The lowest BCUT2D eigenvalue weighted by atomic mass is 10.1. The summed E-state index contributed by atoms with van der Waals surface area (Å²) in [6, 6.07) is 13.9. The maximum Gasteiger partial charge on any atom is 0.320 e. The summed E-state index contributed by atoms with van der Waals surface area (Å²) in [6.07, 6.45) is 1.60. The normalized spacial score (nSPS) is 13.3. The number of ether oxygens (including phenoxy) is 3. The number of benzene rings is 2. The van der Waals surface area contributed by atoms with Crippen LogP contribution in [0.25, 0.3) is 10.9 Å². The van der Waals surface area contributed by atoms with Crippen LogP contribution in [0, 0.1) is 0 Å². The van der Waals surface area contributed by atoms with Crippen molar-refractivity contribution in [3.05, 3.63) is 54.4 Å². The fourth-order valence-electron chi connectivity index (χ4n) is 4.12. The molecule has 0 spiro atoms. The number of fused-ring (bicyclic) bond motifs is 1. The Morgan fingerprint density at radius 1 is 1.11 bits per heavy atom. The second-order valence-corrected chi connectivity index (χ2v) is 10.4. The summed E-state index contributed by atoms with van der Waals surface area (Å²) in [5, 5.41) is 14.2. The van der Waals surface area contributed by atoms with Gasteiger partial charge in [-0.05, 0) is 52.7 Å². The average molecular weight is 525 g/mol. The van der Waals surface area contributed by atoms with Crippen LogP contribution >= 0.6 is 0 Å². The van der Waals surface area contributed by atoms with Gasteiger partial charge >= 0.3 is 5.97 Å². The Bertz CT molecular complexity index is 1180. The summed E-state index contributed by atoms with van der Waals surface area (Å²) in [5.74, 6) is 1.55. The average Bonchev–Trinajstić information content (AvgIpc) is 2.85. The molecule has 0 aliphatic carbocycles. The molecule has 2 N–H and O–H groups in total. The number of aliphatic hydroxyl groups excluding tert-OH is 1. The zero-order chi connectivity index (χ0) is 27.7. The molecule has 0 saturated heterocycles. The molecule has 38 heavy (non-hydrogen) atoms. The third kappa shape index (κ3) is 8.85. The lowest BCUT2D eigenvalue weighted by Crippen LogP contribution is -2.39. The number of aromatic nitrogens is 2. The Kier molecular flexibility index (Phi) is 10.3. The highest BCUT2D eigenvalue weighted by Gasteiger charge is 2.20. The van der Waals surface area contributed by atoms with Crippen molar-refractivity contribution in [3.63, 3.8) is 0 Å². The minimum absolute atomic E-state index is 0.0469. The van der Waals surface area contributed by atoms with Gasteiger partial charge in [0.15, 0.2) is 11.5 Å². The summed E-state index contributed by atoms with van der Waals surface area (Å²) in [7, 11) is 1.59. The quantitative estimate of drug-likeness (QED) is 0.245. The first-order chi connectivity index (χ1) is 18.1. The van der Waals surface area contributed by atoms with Crippen LogP contribution in [0.2, 0.25) is 0 Å². The van der Waals surface area contributed by atoms with E-state index in [-0.39, 0.29) is 18.6 Å². The largest absolute Gasteiger partial charge is 0.493 e. The Hall–Kier alpha value is -3.43. The van der Waals surface area contributed by atoms with Crippen LogP contribution in [-0.2, 0) is 9.53 Å². The van der Waals surface area contributed by atoms with Crippen molar-refractivity contribution in [2.24, 2.45) is 0 Å². The van der Waals surface area contributed by atoms with Gasteiger partial charge < -0.3 is 24.6 Å². The van der Waals surface area contributed by atoms with Gasteiger partial charge in [-0.2, -0.15) is 0 Å². The van der Waals surface area contributed by atoms with Crippen LogP contribution < -0.4 is 14.8 Å². The van der Waals surface area contributed by atoms with E-state index in [1.165, 1.54) is 6.33 Å². The van der Waals surface area contributed by atoms with Gasteiger partial charge in [0.2, 0.25) is 0 Å². The first-order valence-electron chi connectivity index (χ1n) is 12.9. The van der Waals surface area contributed by atoms with Crippen molar-refractivity contribution in [1.29, 1.82) is 0 Å². The van der Waals surface area contributed by atoms with E-state index in [4.69, 9.17) is 14.2 Å². The molecule has 1 heterocycles. The van der Waals surface area contributed by atoms with Crippen LogP contribution in [0.5, 0.6) is 11.5 Å². The fourth-order valence-corrected chi connectivity index (χ4v) is 4.12. The lowest BCUT2D eigenvalue weighted by molar-refractivity contribution is -0.156. The number of nitrogens with zero attached hydrogens (tertiary/aromatic N) is 3. The predicted molar refractivity (Wildman–Crippen MR) is 149 cm³/mol. The third-order valence-electron chi connectivity index (χ3n) is 5.74. The molecule has 206 valence electrons. The second-order valence-electron chi connectivity index (χ2n) is 10.4. The van der Waals surface area contributed by atoms with Crippen molar-refractivity contribution < 1.29 is 24.1 Å². The first-order valence-corrected chi connectivity index (χ1v) is 12.9. The molecule has 0 radical (unpaired) electrons. The van der Waals surface area contributed by atoms with Crippen molar-refractivity contribution in [2.45, 2.75) is 58.8 Å². The van der Waals surface area contributed by atoms with E-state index < -0.39 is 11.7 Å². The highest BCUT2D eigenvalue weighted by atomic mass is 16.6. The van der Waals surface area contributed by atoms with E-state index >= 15 is 0 Å². The number of esters is 1. The van der Waals surface area contributed by atoms with E-state index in [9.17, 15) is 9.90 Å². The number of rotatable bonds is 13. The van der Waals surface area contributed by atoms with Gasteiger partial charge in [0.1, 0.15) is 17.7 Å². The number of nitrogens with one attached hydrogen (secondary N) is 1. The molecular formula is C29H40N4O5. The Balaban J connectivity index is 1.68. The van der Waals surface area contributed by atoms with Crippen LogP contribution in [0.1, 0.15) is 52.6 Å². The van der Waals surface area contributed by atoms with Gasteiger partial charge in [0.05, 0.1) is 31.9 Å². The van der Waals surface area contributed by atoms with Crippen molar-refractivity contribution in [2.75, 3.05) is 38.7 Å². The standard InChI is InChI=1S/C29H40N4O5/c1-20(34)17-33(18-27(35)38-29(3,4)5)13-10-14-37-26-15-23-24(16-25(26)36-6)30-19-31-28(23)32-21(2)22-11-8-7-9-12-22/h7-9,11-12,15-16,19-21,34H,10,13-14,17-18H2,1-6H3,(H,30,31,32)/t20-,21+/m0/s1. The zero-order valence-electron chi connectivity index (χ0n) is 23.2. The van der Waals surface area contributed by atoms with Gasteiger partial charge in [-0.1, -0.05) is 30.3 Å². The molecular weight excluding hydrogens is 484 g/mol. The van der Waals surface area contributed by atoms with Gasteiger partial charge in [-0.15, -0.1) is 0 Å². The summed E-state index contributed by atoms with van der Waals surface area (Å²) in [5.41, 5.74) is 1.34. The Morgan fingerprint density at radius 3 is 2.50 bits per heavy atom. The molecule has 0 aliphatic rings. The minimum Gasteiger partial charge on any atom is -0.493 e. The summed E-state index contributed by atoms with van der Waals surface area (Å²) in [4.78, 5) is 23.1. The summed E-state index contributed by atoms with van der Waals surface area (Å²) >= 11 is 0. The van der Waals surface area contributed by atoms with E-state index in [1.54, 1.807) is 14.0 Å². The molecule has 9 nitrogen and oxygen atoms in total. The predicted octanol–water partition coefficient (Wildman–Crippen LogP) is 4.60. The summed E-state index contributed by atoms with van der Waals surface area (Å²) < 4.78 is 17.1. The molecule has 0 aliphatic heterocycles. The maximum absolute atomic E-state index is 12.3. The number of carbonyl (C=O) groups is 1. The monoisotopic (exact) mass is 524 g/mol. The molecule has 2 aromatic carbocycles. The lowest BCUT2D eigenvalue weighted by Gasteiger charge is -2.26. The van der Waals surface area contributed by atoms with E-state index in [0.717, 1.165) is 16.5 Å². The van der Waals surface area contributed by atoms with E-state index in [2.05, 4.69) is 34.3 Å². The SMILES string of the molecule is COc1cc2ncnc(N[C@H](C)c3ccccc3)c2cc1OCCCN(CC(=O)OC(C)(C)C)C[C@H](C)O. The molecule has 1 aromatic heterocycles. The van der Waals surface area contributed by atoms with Crippen molar-refractivity contribution in [1.82, 2.24) is 14.9 Å². The summed E-state index contributed by atoms with van der Waals surface area (Å²) in [6.45, 7) is 10.7. The molecule has 0 saturated carbocycles. The molecule has 0 bridgehead atoms. The number of hydrogen-bond donors (Lipinski definition) is 2. The topological polar surface area (TPSA) is 106 Å².